The quantitative estimate of drug-likeness (QED) is 0.835. The largest absolute Gasteiger partial charge is 0.488 e. The number of carboxylic acid groups (broad SMARTS) is 1. The van der Waals surface area contributed by atoms with E-state index in [1.807, 2.05) is 17.5 Å². The molecule has 0 saturated carbocycles. The highest BCUT2D eigenvalue weighted by Crippen LogP contribution is 2.25. The number of thiophene rings is 1. The molecule has 0 fully saturated rings. The number of benzene rings is 1. The van der Waals surface area contributed by atoms with Crippen LogP contribution in [-0.2, 0) is 11.4 Å². The van der Waals surface area contributed by atoms with Crippen LogP contribution in [0.2, 0.25) is 0 Å². The lowest BCUT2D eigenvalue weighted by atomic mass is 10.1. The highest BCUT2D eigenvalue weighted by atomic mass is 32.1. The second-order valence-corrected chi connectivity index (χ2v) is 6.01. The molecule has 0 atom stereocenters. The Bertz CT molecular complexity index is 683. The molecule has 0 aliphatic heterocycles. The Morgan fingerprint density at radius 2 is 2.05 bits per heavy atom. The van der Waals surface area contributed by atoms with Crippen LogP contribution in [0.25, 0.3) is 6.08 Å². The van der Waals surface area contributed by atoms with E-state index in [0.29, 0.717) is 6.61 Å². The zero-order valence-corrected chi connectivity index (χ0v) is 13.2. The van der Waals surface area contributed by atoms with Crippen molar-refractivity contribution in [3.8, 4) is 5.75 Å². The molecule has 0 radical (unpaired) electrons. The van der Waals surface area contributed by atoms with Crippen LogP contribution in [0.15, 0.2) is 29.7 Å². The van der Waals surface area contributed by atoms with Crippen molar-refractivity contribution in [1.82, 2.24) is 0 Å². The molecule has 0 bridgehead atoms. The molecule has 4 heteroatoms. The van der Waals surface area contributed by atoms with Crippen LogP contribution in [0.1, 0.15) is 27.1 Å². The van der Waals surface area contributed by atoms with Crippen molar-refractivity contribution in [2.45, 2.75) is 27.4 Å². The molecule has 2 aromatic rings. The smallest absolute Gasteiger partial charge is 0.328 e. The fourth-order valence-corrected chi connectivity index (χ4v) is 2.79. The lowest BCUT2D eigenvalue weighted by Crippen LogP contribution is -1.97. The van der Waals surface area contributed by atoms with E-state index in [1.54, 1.807) is 17.4 Å². The molecule has 0 aliphatic carbocycles. The van der Waals surface area contributed by atoms with E-state index in [4.69, 9.17) is 9.84 Å². The number of carboxylic acids is 1. The summed E-state index contributed by atoms with van der Waals surface area (Å²) in [6, 6.07) is 6.13. The van der Waals surface area contributed by atoms with Crippen molar-refractivity contribution >= 4 is 23.4 Å². The van der Waals surface area contributed by atoms with Crippen LogP contribution in [0, 0.1) is 20.8 Å². The van der Waals surface area contributed by atoms with Gasteiger partial charge in [0.05, 0.1) is 0 Å². The summed E-state index contributed by atoms with van der Waals surface area (Å²) in [6.45, 7) is 6.68. The van der Waals surface area contributed by atoms with E-state index < -0.39 is 5.97 Å². The zero-order chi connectivity index (χ0) is 15.4. The van der Waals surface area contributed by atoms with Gasteiger partial charge in [0.25, 0.3) is 0 Å². The van der Waals surface area contributed by atoms with E-state index in [-0.39, 0.29) is 0 Å². The predicted molar refractivity (Wildman–Crippen MR) is 86.0 cm³/mol. The summed E-state index contributed by atoms with van der Waals surface area (Å²) in [6.07, 6.45) is 2.73. The van der Waals surface area contributed by atoms with Gasteiger partial charge in [-0.25, -0.2) is 4.79 Å². The molecule has 1 heterocycles. The van der Waals surface area contributed by atoms with Gasteiger partial charge in [-0.15, -0.1) is 11.3 Å². The monoisotopic (exact) mass is 302 g/mol. The molecule has 0 spiro atoms. The number of aryl methyl sites for hydroxylation is 2. The van der Waals surface area contributed by atoms with E-state index >= 15 is 0 Å². The van der Waals surface area contributed by atoms with Crippen LogP contribution in [0.3, 0.4) is 0 Å². The average molecular weight is 302 g/mol. The molecule has 1 aromatic carbocycles. The molecule has 1 N–H and O–H groups in total. The first-order valence-corrected chi connectivity index (χ1v) is 7.52. The number of carbonyl (C=O) groups is 1. The van der Waals surface area contributed by atoms with E-state index in [1.165, 1.54) is 11.1 Å². The third-order valence-corrected chi connectivity index (χ3v) is 4.15. The Morgan fingerprint density at radius 1 is 1.29 bits per heavy atom. The SMILES string of the molecule is Cc1cc(C)c(C)c(OCc2cc(C=CC(=O)O)cs2)c1. The molecule has 0 saturated heterocycles. The molecular weight excluding hydrogens is 284 g/mol. The summed E-state index contributed by atoms with van der Waals surface area (Å²) in [4.78, 5) is 11.6. The van der Waals surface area contributed by atoms with Gasteiger partial charge in [0.15, 0.2) is 0 Å². The lowest BCUT2D eigenvalue weighted by Gasteiger charge is -2.11. The number of ether oxygens (including phenoxy) is 1. The fourth-order valence-electron chi connectivity index (χ4n) is 2.03. The average Bonchev–Trinajstić information content (AvgIpc) is 2.87. The van der Waals surface area contributed by atoms with Crippen LogP contribution < -0.4 is 4.74 Å². The summed E-state index contributed by atoms with van der Waals surface area (Å²) in [5.74, 6) is -0.0339. The van der Waals surface area contributed by atoms with Gasteiger partial charge >= 0.3 is 5.97 Å². The Morgan fingerprint density at radius 3 is 2.76 bits per heavy atom. The topological polar surface area (TPSA) is 46.5 Å². The maximum absolute atomic E-state index is 10.5. The molecule has 21 heavy (non-hydrogen) atoms. The predicted octanol–water partition coefficient (Wildman–Crippen LogP) is 4.35. The number of hydrogen-bond acceptors (Lipinski definition) is 3. The lowest BCUT2D eigenvalue weighted by molar-refractivity contribution is -0.131. The highest BCUT2D eigenvalue weighted by Gasteiger charge is 2.05. The summed E-state index contributed by atoms with van der Waals surface area (Å²) < 4.78 is 5.89. The summed E-state index contributed by atoms with van der Waals surface area (Å²) in [5, 5.41) is 10.5. The van der Waals surface area contributed by atoms with Gasteiger partial charge in [-0.1, -0.05) is 6.07 Å². The highest BCUT2D eigenvalue weighted by molar-refractivity contribution is 7.10. The van der Waals surface area contributed by atoms with Crippen molar-refractivity contribution in [1.29, 1.82) is 0 Å². The van der Waals surface area contributed by atoms with E-state index in [2.05, 4.69) is 26.8 Å². The minimum Gasteiger partial charge on any atom is -0.488 e. The molecular formula is C17H18O3S. The Hall–Kier alpha value is -2.07. The fraction of sp³-hybridized carbons (Fsp3) is 0.235. The number of hydrogen-bond donors (Lipinski definition) is 1. The van der Waals surface area contributed by atoms with E-state index in [9.17, 15) is 4.79 Å². The maximum Gasteiger partial charge on any atom is 0.328 e. The normalized spacial score (nSPS) is 11.0. The molecule has 110 valence electrons. The van der Waals surface area contributed by atoms with Crippen molar-refractivity contribution in [3.05, 3.63) is 56.8 Å². The first-order valence-electron chi connectivity index (χ1n) is 6.65. The minimum atomic E-state index is -0.940. The first-order chi connectivity index (χ1) is 9.95. The molecule has 0 unspecified atom stereocenters. The Kier molecular flexibility index (Phi) is 4.81. The van der Waals surface area contributed by atoms with Gasteiger partial charge in [0.1, 0.15) is 12.4 Å². The van der Waals surface area contributed by atoms with Crippen LogP contribution in [0.4, 0.5) is 0 Å². The number of rotatable bonds is 5. The first kappa shape index (κ1) is 15.3. The van der Waals surface area contributed by atoms with Crippen molar-refractivity contribution in [3.63, 3.8) is 0 Å². The number of aliphatic carboxylic acids is 1. The third-order valence-electron chi connectivity index (χ3n) is 3.23. The van der Waals surface area contributed by atoms with Crippen molar-refractivity contribution < 1.29 is 14.6 Å². The molecule has 3 nitrogen and oxygen atoms in total. The second kappa shape index (κ2) is 6.59. The second-order valence-electron chi connectivity index (χ2n) is 5.01. The molecule has 0 aliphatic rings. The maximum atomic E-state index is 10.5. The van der Waals surface area contributed by atoms with Crippen LogP contribution >= 0.6 is 11.3 Å². The standard InChI is InChI=1S/C17H18O3S/c1-11-6-12(2)13(3)16(7-11)20-9-15-8-14(10-21-15)4-5-17(18)19/h4-8,10H,9H2,1-3H3,(H,18,19). The summed E-state index contributed by atoms with van der Waals surface area (Å²) >= 11 is 1.57. The van der Waals surface area contributed by atoms with Crippen LogP contribution in [-0.4, -0.2) is 11.1 Å². The van der Waals surface area contributed by atoms with Crippen molar-refractivity contribution in [2.75, 3.05) is 0 Å². The molecule has 2 rings (SSSR count). The summed E-state index contributed by atoms with van der Waals surface area (Å²) in [5.41, 5.74) is 4.45. The summed E-state index contributed by atoms with van der Waals surface area (Å²) in [7, 11) is 0. The Balaban J connectivity index is 2.05. The zero-order valence-electron chi connectivity index (χ0n) is 12.3. The van der Waals surface area contributed by atoms with Gasteiger partial charge in [0, 0.05) is 11.0 Å². The third kappa shape index (κ3) is 4.20. The molecule has 1 aromatic heterocycles. The van der Waals surface area contributed by atoms with Gasteiger partial charge in [-0.2, -0.15) is 0 Å². The van der Waals surface area contributed by atoms with Crippen molar-refractivity contribution in [2.24, 2.45) is 0 Å². The van der Waals surface area contributed by atoms with Crippen LogP contribution in [0.5, 0.6) is 5.75 Å². The van der Waals surface area contributed by atoms with E-state index in [0.717, 1.165) is 27.8 Å². The Labute approximate surface area is 128 Å². The van der Waals surface area contributed by atoms with Gasteiger partial charge in [0.2, 0.25) is 0 Å². The van der Waals surface area contributed by atoms with Gasteiger partial charge < -0.3 is 9.84 Å². The minimum absolute atomic E-state index is 0.495. The van der Waals surface area contributed by atoms with Gasteiger partial charge in [-0.05, 0) is 66.6 Å². The molecule has 0 amide bonds. The van der Waals surface area contributed by atoms with Gasteiger partial charge in [-0.3, -0.25) is 0 Å².